The van der Waals surface area contributed by atoms with E-state index >= 15 is 0 Å². The predicted octanol–water partition coefficient (Wildman–Crippen LogP) is 6.67. The molecule has 2 rings (SSSR count). The molecule has 1 unspecified atom stereocenters. The molecule has 0 heterocycles. The van der Waals surface area contributed by atoms with E-state index in [4.69, 9.17) is 9.47 Å². The highest BCUT2D eigenvalue weighted by Gasteiger charge is 2.27. The van der Waals surface area contributed by atoms with Gasteiger partial charge in [-0.05, 0) is 53.5 Å². The predicted molar refractivity (Wildman–Crippen MR) is 109 cm³/mol. The van der Waals surface area contributed by atoms with Crippen molar-refractivity contribution in [2.75, 3.05) is 0 Å². The lowest BCUT2D eigenvalue weighted by atomic mass is 9.76. The third-order valence-electron chi connectivity index (χ3n) is 5.53. The zero-order chi connectivity index (χ0) is 19.4. The molecule has 0 aliphatic rings. The van der Waals surface area contributed by atoms with Crippen LogP contribution in [0.4, 0.5) is 0 Å². The number of rotatable bonds is 8. The summed E-state index contributed by atoms with van der Waals surface area (Å²) < 4.78 is 12.1. The van der Waals surface area contributed by atoms with Crippen molar-refractivity contribution in [2.45, 2.75) is 78.4 Å². The highest BCUT2D eigenvalue weighted by atomic mass is 16.7. The van der Waals surface area contributed by atoms with Crippen LogP contribution in [0.2, 0.25) is 0 Å². The molecule has 2 nitrogen and oxygen atoms in total. The summed E-state index contributed by atoms with van der Waals surface area (Å²) in [6.45, 7) is 15.5. The van der Waals surface area contributed by atoms with Crippen molar-refractivity contribution >= 4 is 0 Å². The molecule has 0 bridgehead atoms. The molecule has 0 N–H and O–H groups in total. The van der Waals surface area contributed by atoms with Gasteiger partial charge in [0.15, 0.2) is 0 Å². The van der Waals surface area contributed by atoms with E-state index < -0.39 is 0 Å². The third-order valence-corrected chi connectivity index (χ3v) is 5.53. The maximum atomic E-state index is 6.20. The van der Waals surface area contributed by atoms with E-state index in [1.54, 1.807) is 0 Å². The summed E-state index contributed by atoms with van der Waals surface area (Å²) in [5, 5.41) is 0. The van der Waals surface area contributed by atoms with Crippen LogP contribution in [0.15, 0.2) is 42.5 Å². The van der Waals surface area contributed by atoms with Crippen LogP contribution in [0.25, 0.3) is 0 Å². The van der Waals surface area contributed by atoms with Gasteiger partial charge < -0.3 is 9.47 Å². The normalized spacial score (nSPS) is 13.3. The summed E-state index contributed by atoms with van der Waals surface area (Å²) >= 11 is 0. The lowest BCUT2D eigenvalue weighted by Gasteiger charge is -2.31. The van der Waals surface area contributed by atoms with Crippen molar-refractivity contribution in [3.05, 3.63) is 59.7 Å². The van der Waals surface area contributed by atoms with Gasteiger partial charge in [0.1, 0.15) is 11.5 Å². The standard InChI is InChI=1S/C24H33O2/c1-8-23(4,5)19-15-16-22(21(17-19)24(6,7)9-2)26-18(3)25-20-13-11-10-12-14-20/h10-11,13-18H,8-9H2,1-7H3. The summed E-state index contributed by atoms with van der Waals surface area (Å²) in [5.74, 6) is 1.67. The van der Waals surface area contributed by atoms with Gasteiger partial charge in [0.25, 0.3) is 0 Å². The second-order valence-corrected chi connectivity index (χ2v) is 8.23. The van der Waals surface area contributed by atoms with Gasteiger partial charge in [0.2, 0.25) is 6.29 Å². The largest absolute Gasteiger partial charge is 0.455 e. The molecule has 0 saturated heterocycles. The van der Waals surface area contributed by atoms with E-state index in [2.05, 4.69) is 65.8 Å². The molecule has 0 aliphatic carbocycles. The SMILES string of the molecule is CCC(C)(C)c1ccc(OC(C)Oc2c[c]ccc2)c(C(C)(C)CC)c1. The lowest BCUT2D eigenvalue weighted by molar-refractivity contribution is 0.0207. The van der Waals surface area contributed by atoms with E-state index in [1.807, 2.05) is 31.2 Å². The maximum absolute atomic E-state index is 6.20. The van der Waals surface area contributed by atoms with Crippen molar-refractivity contribution in [2.24, 2.45) is 0 Å². The van der Waals surface area contributed by atoms with Crippen LogP contribution in [-0.4, -0.2) is 6.29 Å². The van der Waals surface area contributed by atoms with Crippen LogP contribution < -0.4 is 9.47 Å². The number of hydrogen-bond acceptors (Lipinski definition) is 2. The highest BCUT2D eigenvalue weighted by molar-refractivity contribution is 5.44. The fraction of sp³-hybridized carbons (Fsp3) is 0.500. The molecule has 0 saturated carbocycles. The molecule has 26 heavy (non-hydrogen) atoms. The van der Waals surface area contributed by atoms with Gasteiger partial charge in [0, 0.05) is 12.5 Å². The van der Waals surface area contributed by atoms with Gasteiger partial charge in [-0.25, -0.2) is 0 Å². The fourth-order valence-electron chi connectivity index (χ4n) is 2.82. The first-order valence-corrected chi connectivity index (χ1v) is 9.64. The molecule has 0 fully saturated rings. The Kier molecular flexibility index (Phi) is 6.39. The second kappa shape index (κ2) is 8.16. The monoisotopic (exact) mass is 353 g/mol. The molecule has 2 aromatic carbocycles. The Morgan fingerprint density at radius 1 is 0.962 bits per heavy atom. The third kappa shape index (κ3) is 4.81. The van der Waals surface area contributed by atoms with Gasteiger partial charge in [-0.15, -0.1) is 0 Å². The van der Waals surface area contributed by atoms with Gasteiger partial charge in [-0.3, -0.25) is 0 Å². The first-order chi connectivity index (χ1) is 12.2. The zero-order valence-electron chi connectivity index (χ0n) is 17.3. The summed E-state index contributed by atoms with van der Waals surface area (Å²) in [4.78, 5) is 0. The smallest absolute Gasteiger partial charge is 0.238 e. The minimum Gasteiger partial charge on any atom is -0.455 e. The Morgan fingerprint density at radius 3 is 2.23 bits per heavy atom. The number of ether oxygens (including phenoxy) is 2. The van der Waals surface area contributed by atoms with E-state index in [-0.39, 0.29) is 17.1 Å². The van der Waals surface area contributed by atoms with Crippen LogP contribution in [0.5, 0.6) is 11.5 Å². The van der Waals surface area contributed by atoms with Crippen LogP contribution in [0, 0.1) is 6.07 Å². The average molecular weight is 354 g/mol. The van der Waals surface area contributed by atoms with Gasteiger partial charge in [-0.2, -0.15) is 0 Å². The minimum absolute atomic E-state index is 0.0371. The van der Waals surface area contributed by atoms with Crippen LogP contribution >= 0.6 is 0 Å². The molecule has 0 spiro atoms. The van der Waals surface area contributed by atoms with Gasteiger partial charge in [0.05, 0.1) is 0 Å². The first kappa shape index (κ1) is 20.4. The molecule has 1 atom stereocenters. The second-order valence-electron chi connectivity index (χ2n) is 8.23. The van der Waals surface area contributed by atoms with E-state index in [0.717, 1.165) is 24.3 Å². The van der Waals surface area contributed by atoms with Gasteiger partial charge in [-0.1, -0.05) is 65.8 Å². The molecule has 2 aromatic rings. The molecular formula is C24H33O2. The Labute approximate surface area is 159 Å². The Morgan fingerprint density at radius 2 is 1.65 bits per heavy atom. The molecule has 0 aliphatic heterocycles. The molecule has 1 radical (unpaired) electrons. The van der Waals surface area contributed by atoms with Crippen molar-refractivity contribution in [1.82, 2.24) is 0 Å². The van der Waals surface area contributed by atoms with Gasteiger partial charge >= 0.3 is 0 Å². The van der Waals surface area contributed by atoms with E-state index in [9.17, 15) is 0 Å². The molecule has 0 amide bonds. The van der Waals surface area contributed by atoms with Crippen molar-refractivity contribution < 1.29 is 9.47 Å². The highest BCUT2D eigenvalue weighted by Crippen LogP contribution is 2.38. The Bertz CT molecular complexity index is 701. The average Bonchev–Trinajstić information content (AvgIpc) is 2.62. The van der Waals surface area contributed by atoms with Crippen molar-refractivity contribution in [3.8, 4) is 11.5 Å². The summed E-state index contributed by atoms with van der Waals surface area (Å²) in [5.41, 5.74) is 2.79. The van der Waals surface area contributed by atoms with Crippen LogP contribution in [0.3, 0.4) is 0 Å². The molecule has 2 heteroatoms. The first-order valence-electron chi connectivity index (χ1n) is 9.64. The van der Waals surface area contributed by atoms with Crippen molar-refractivity contribution in [1.29, 1.82) is 0 Å². The summed E-state index contributed by atoms with van der Waals surface area (Å²) in [7, 11) is 0. The van der Waals surface area contributed by atoms with E-state index in [1.165, 1.54) is 11.1 Å². The zero-order valence-corrected chi connectivity index (χ0v) is 17.3. The van der Waals surface area contributed by atoms with Crippen molar-refractivity contribution in [3.63, 3.8) is 0 Å². The lowest BCUT2D eigenvalue weighted by Crippen LogP contribution is -2.25. The molecule has 141 valence electrons. The Hall–Kier alpha value is -1.96. The molecule has 0 aromatic heterocycles. The topological polar surface area (TPSA) is 18.5 Å². The Balaban J connectivity index is 2.32. The summed E-state index contributed by atoms with van der Waals surface area (Å²) in [6, 6.07) is 17.2. The quantitative estimate of drug-likeness (QED) is 0.494. The van der Waals surface area contributed by atoms with Crippen LogP contribution in [0.1, 0.15) is 72.4 Å². The van der Waals surface area contributed by atoms with Crippen LogP contribution in [-0.2, 0) is 10.8 Å². The maximum Gasteiger partial charge on any atom is 0.238 e. The fourth-order valence-corrected chi connectivity index (χ4v) is 2.82. The molecular weight excluding hydrogens is 320 g/mol. The van der Waals surface area contributed by atoms with E-state index in [0.29, 0.717) is 0 Å². The summed E-state index contributed by atoms with van der Waals surface area (Å²) in [6.07, 6.45) is 1.77. The minimum atomic E-state index is -0.373. The number of hydrogen-bond donors (Lipinski definition) is 0. The number of benzene rings is 2.